The molecular formula is C68H65Br22FO16. The fraction of sp³-hybridized carbons (Fsp3) is 0.412. The third-order valence-corrected chi connectivity index (χ3v) is 26.6. The van der Waals surface area contributed by atoms with Crippen LogP contribution in [0.15, 0.2) is 167 Å². The van der Waals surface area contributed by atoms with Crippen LogP contribution in [-0.2, 0) is 76.3 Å². The van der Waals surface area contributed by atoms with Gasteiger partial charge in [-0.25, -0.2) is 42.7 Å². The van der Waals surface area contributed by atoms with Crippen LogP contribution in [0.3, 0.4) is 0 Å². The van der Waals surface area contributed by atoms with E-state index >= 15 is 0 Å². The van der Waals surface area contributed by atoms with E-state index in [0.29, 0.717) is 116 Å². The second-order valence-corrected chi connectivity index (χ2v) is 43.0. The highest BCUT2D eigenvalue weighted by molar-refractivity contribution is 9.29. The van der Waals surface area contributed by atoms with Gasteiger partial charge in [0.25, 0.3) is 0 Å². The Kier molecular flexibility index (Phi) is 57.3. The Bertz CT molecular complexity index is 3720. The van der Waals surface area contributed by atoms with Gasteiger partial charge in [-0.3, -0.25) is 0 Å². The van der Waals surface area contributed by atoms with Gasteiger partial charge in [0.1, 0.15) is 16.3 Å². The van der Waals surface area contributed by atoms with Crippen LogP contribution in [0.1, 0.15) is 138 Å². The Morgan fingerprint density at radius 1 is 0.346 bits per heavy atom. The first-order chi connectivity index (χ1) is 50.3. The van der Waals surface area contributed by atoms with Crippen LogP contribution in [-0.4, -0.2) is 82.9 Å². The van der Waals surface area contributed by atoms with Gasteiger partial charge in [-0.1, -0.05) is 268 Å². The third kappa shape index (κ3) is 36.3. The Hall–Kier alpha value is 2.09. The maximum absolute atomic E-state index is 13.5. The fourth-order valence-corrected chi connectivity index (χ4v) is 20.3. The van der Waals surface area contributed by atoms with Gasteiger partial charge in [0.15, 0.2) is 46.1 Å². The quantitative estimate of drug-likeness (QED) is 0.0453. The SMILES string of the molecule is CC(Br)C1=C(Br)/C(=C/Br)OC1=O.CC(Br)C1=CC(=C(Br)Br)OC1=O.CCCC(Br)C1=C(Br)/C(=C/Br)OC1=O.CCCC(Br)C1=CC(=C(Br)Br)OC1=O.CCCC(F)C1=C(Br)/C(=C/Br)OC1=O.CCCCCC(Br)C1=C(Br)/C(=C/Br)OC1=O.CCCCCC(Br)C1=CC(=C(Br)Br)OC1=O.O=C1C=C(Br)/C(=C/Br)O1. The van der Waals surface area contributed by atoms with Crippen LogP contribution >= 0.6 is 350 Å². The van der Waals surface area contributed by atoms with E-state index in [1.807, 2.05) is 20.8 Å². The molecule has 7 unspecified atom stereocenters. The zero-order valence-corrected chi connectivity index (χ0v) is 91.8. The van der Waals surface area contributed by atoms with Crippen LogP contribution < -0.4 is 0 Å². The first kappa shape index (κ1) is 107. The molecule has 0 bridgehead atoms. The lowest BCUT2D eigenvalue weighted by atomic mass is 10.1. The molecule has 0 amide bonds. The lowest BCUT2D eigenvalue weighted by molar-refractivity contribution is -0.134. The van der Waals surface area contributed by atoms with Crippen molar-refractivity contribution in [3.05, 3.63) is 167 Å². The maximum atomic E-state index is 13.5. The molecule has 0 N–H and O–H groups in total. The number of unbranched alkanes of at least 4 members (excludes halogenated alkanes) is 4. The average molecular weight is 2920 g/mol. The Morgan fingerprint density at radius 3 is 0.916 bits per heavy atom. The first-order valence-electron chi connectivity index (χ1n) is 31.4. The monoisotopic (exact) mass is 2890 g/mol. The van der Waals surface area contributed by atoms with Crippen molar-refractivity contribution in [2.75, 3.05) is 0 Å². The second-order valence-electron chi connectivity index (χ2n) is 21.5. The van der Waals surface area contributed by atoms with Crippen molar-refractivity contribution in [2.45, 2.75) is 173 Å². The third-order valence-electron chi connectivity index (χ3n) is 13.6. The second kappa shape index (κ2) is 57.3. The predicted molar refractivity (Wildman–Crippen MR) is 499 cm³/mol. The van der Waals surface area contributed by atoms with Gasteiger partial charge < -0.3 is 37.9 Å². The minimum atomic E-state index is -1.26. The number of hydrogen-bond acceptors (Lipinski definition) is 16. The summed E-state index contributed by atoms with van der Waals surface area (Å²) in [6, 6.07) is 0. The lowest BCUT2D eigenvalue weighted by Crippen LogP contribution is -2.11. The predicted octanol–water partition coefficient (Wildman–Crippen LogP) is 29.6. The summed E-state index contributed by atoms with van der Waals surface area (Å²) in [6.07, 6.45) is 19.1. The van der Waals surface area contributed by atoms with E-state index in [-0.39, 0.29) is 76.3 Å². The number of carbonyl (C=O) groups excluding carboxylic acids is 8. The summed E-state index contributed by atoms with van der Waals surface area (Å²) in [5, 5.41) is 0. The number of hydrogen-bond donors (Lipinski definition) is 0. The van der Waals surface area contributed by atoms with E-state index in [0.717, 1.165) is 60.3 Å². The molecule has 8 aliphatic rings. The molecule has 8 aliphatic heterocycles. The van der Waals surface area contributed by atoms with E-state index in [1.165, 1.54) is 36.7 Å². The number of cyclic esters (lactones) is 8. The number of ether oxygens (including phenoxy) is 8. The molecule has 7 atom stereocenters. The number of halogens is 23. The minimum Gasteiger partial charge on any atom is -0.422 e. The molecule has 107 heavy (non-hydrogen) atoms. The number of rotatable bonds is 21. The van der Waals surface area contributed by atoms with Gasteiger partial charge >= 0.3 is 47.8 Å². The first-order valence-corrected chi connectivity index (χ1v) is 50.1. The molecule has 0 aromatic carbocycles. The Morgan fingerprint density at radius 2 is 0.645 bits per heavy atom. The van der Waals surface area contributed by atoms with Crippen LogP contribution in [0.2, 0.25) is 0 Å². The summed E-state index contributed by atoms with van der Waals surface area (Å²) in [5.41, 5.74) is 4.04. The summed E-state index contributed by atoms with van der Waals surface area (Å²) in [5.74, 6) is 1.38. The van der Waals surface area contributed by atoms with Gasteiger partial charge in [-0.15, -0.1) is 0 Å². The normalized spacial score (nSPS) is 20.2. The molecule has 0 fully saturated rings. The van der Waals surface area contributed by atoms with E-state index in [9.17, 15) is 42.7 Å². The molecule has 0 saturated heterocycles. The van der Waals surface area contributed by atoms with E-state index < -0.39 is 12.1 Å². The molecule has 594 valence electrons. The van der Waals surface area contributed by atoms with Crippen LogP contribution in [0.4, 0.5) is 4.39 Å². The molecule has 16 nitrogen and oxygen atoms in total. The zero-order chi connectivity index (χ0) is 81.9. The Balaban J connectivity index is 0.000000614. The van der Waals surface area contributed by atoms with Crippen molar-refractivity contribution >= 4 is 398 Å². The molecule has 0 radical (unpaired) electrons. The van der Waals surface area contributed by atoms with Crippen molar-refractivity contribution < 1.29 is 80.6 Å². The van der Waals surface area contributed by atoms with Gasteiger partial charge in [0.2, 0.25) is 0 Å². The van der Waals surface area contributed by atoms with E-state index in [2.05, 4.69) is 383 Å². The molecule has 0 aromatic rings. The van der Waals surface area contributed by atoms with Crippen molar-refractivity contribution in [1.29, 1.82) is 0 Å². The zero-order valence-electron chi connectivity index (χ0n) is 56.9. The van der Waals surface area contributed by atoms with Crippen molar-refractivity contribution in [3.63, 3.8) is 0 Å². The minimum absolute atomic E-state index is 0.00988. The number of carbonyl (C=O) groups is 8. The van der Waals surface area contributed by atoms with Crippen molar-refractivity contribution in [3.8, 4) is 0 Å². The summed E-state index contributed by atoms with van der Waals surface area (Å²) in [7, 11) is 0. The summed E-state index contributed by atoms with van der Waals surface area (Å²) in [4.78, 5) is 98.1. The van der Waals surface area contributed by atoms with Crippen LogP contribution in [0.25, 0.3) is 0 Å². The number of alkyl halides is 7. The molecule has 0 aliphatic carbocycles. The molecule has 39 heteroatoms. The van der Waals surface area contributed by atoms with E-state index in [1.54, 1.807) is 38.2 Å². The number of esters is 8. The smallest absolute Gasteiger partial charge is 0.343 e. The molecule has 8 rings (SSSR count). The highest BCUT2D eigenvalue weighted by Gasteiger charge is 2.37. The molecule has 0 aromatic heterocycles. The standard InChI is InChI=1S/2C11H13Br3O2.2C9H9Br3O2.C9H9Br2FO2.2C7H5Br3O2.C5H2Br2O2/c1-2-3-4-5-8(12)7-6-9(10(13)14)16-11(7)15;1-2-3-4-5-7(13)9-10(14)8(6-12)16-11(9)15;1-2-3-6(10)5-4-7(8(11)12)14-9(5)13;1-2-3-5(11)7-8(12)6(4-10)14-9(7)13;1-2-3-5(12)7-8(11)6(4-10)14-9(7)13;1-3(9)5-6(10)4(2-8)12-7(5)11;1-3(8)4-2-5(6(9)10)12-7(4)11;6-2-4-3(7)1-5(8)9-4/h6,8H,2-5H2,1H3;6-7H,2-5H2,1H3;4,6H,2-3H2,1H3;2*4-5H,2-3H2,1H3;2*2-3H,1H3;1-2H/b;8-6-;;2*6-4-;4-2-;;4-2-. The van der Waals surface area contributed by atoms with Gasteiger partial charge in [0, 0.05) is 60.0 Å². The molecular weight excluding hydrogens is 2850 g/mol. The summed E-state index contributed by atoms with van der Waals surface area (Å²) < 4.78 is 58.3. The Labute approximate surface area is 807 Å². The largest absolute Gasteiger partial charge is 0.422 e. The molecule has 8 heterocycles. The number of allylic oxidation sites excluding steroid dienone is 8. The molecule has 0 spiro atoms. The molecule has 0 saturated carbocycles. The highest BCUT2D eigenvalue weighted by atomic mass is 79.9. The fourth-order valence-electron chi connectivity index (χ4n) is 8.35. The van der Waals surface area contributed by atoms with Crippen LogP contribution in [0.5, 0.6) is 0 Å². The van der Waals surface area contributed by atoms with Gasteiger partial charge in [0.05, 0.1) is 61.4 Å². The van der Waals surface area contributed by atoms with Gasteiger partial charge in [-0.2, -0.15) is 0 Å². The topological polar surface area (TPSA) is 210 Å². The average Bonchev–Trinajstić information content (AvgIpc) is 1.71. The summed E-state index contributed by atoms with van der Waals surface area (Å²) >= 11 is 71.5. The maximum Gasteiger partial charge on any atom is 0.343 e. The van der Waals surface area contributed by atoms with Crippen molar-refractivity contribution in [2.24, 2.45) is 0 Å². The highest BCUT2D eigenvalue weighted by Crippen LogP contribution is 2.42. The van der Waals surface area contributed by atoms with Crippen molar-refractivity contribution in [1.82, 2.24) is 0 Å². The van der Waals surface area contributed by atoms with E-state index in [4.69, 9.17) is 33.2 Å². The van der Waals surface area contributed by atoms with Gasteiger partial charge in [-0.05, 0) is 239 Å². The lowest BCUT2D eigenvalue weighted by Gasteiger charge is -2.08. The van der Waals surface area contributed by atoms with Crippen LogP contribution in [0, 0.1) is 0 Å². The summed E-state index contributed by atoms with van der Waals surface area (Å²) in [6.45, 7) is 14.1.